The summed E-state index contributed by atoms with van der Waals surface area (Å²) in [6.07, 6.45) is 3.07. The van der Waals surface area contributed by atoms with Crippen molar-refractivity contribution < 1.29 is 4.39 Å². The van der Waals surface area contributed by atoms with Crippen LogP contribution in [0.2, 0.25) is 0 Å². The van der Waals surface area contributed by atoms with E-state index in [0.29, 0.717) is 12.5 Å². The second kappa shape index (κ2) is 3.79. The molecule has 1 aromatic heterocycles. The van der Waals surface area contributed by atoms with Crippen LogP contribution in [0.1, 0.15) is 38.6 Å². The summed E-state index contributed by atoms with van der Waals surface area (Å²) in [7, 11) is 0. The molecule has 0 radical (unpaired) electrons. The van der Waals surface area contributed by atoms with E-state index in [1.807, 2.05) is 19.9 Å². The van der Waals surface area contributed by atoms with Crippen molar-refractivity contribution in [3.8, 4) is 0 Å². The van der Waals surface area contributed by atoms with Crippen LogP contribution in [-0.2, 0) is 6.42 Å². The molecule has 0 spiro atoms. The number of nitrogens with zero attached hydrogens (tertiary/aromatic N) is 2. The van der Waals surface area contributed by atoms with Gasteiger partial charge < -0.3 is 10.3 Å². The van der Waals surface area contributed by atoms with E-state index in [4.69, 9.17) is 5.73 Å². The Balaban J connectivity index is 2.14. The summed E-state index contributed by atoms with van der Waals surface area (Å²) in [6.45, 7) is 3.98. The lowest BCUT2D eigenvalue weighted by Gasteiger charge is -2.18. The Hall–Kier alpha value is -1.42. The molecule has 18 heavy (non-hydrogen) atoms. The van der Waals surface area contributed by atoms with Gasteiger partial charge in [0.15, 0.2) is 0 Å². The molecule has 1 saturated carbocycles. The van der Waals surface area contributed by atoms with Crippen LogP contribution < -0.4 is 5.73 Å². The van der Waals surface area contributed by atoms with Crippen LogP contribution in [-0.4, -0.2) is 15.1 Å². The van der Waals surface area contributed by atoms with Gasteiger partial charge in [0.25, 0.3) is 0 Å². The van der Waals surface area contributed by atoms with Crippen LogP contribution in [0.25, 0.3) is 11.0 Å². The van der Waals surface area contributed by atoms with Gasteiger partial charge in [-0.2, -0.15) is 0 Å². The number of fused-ring (bicyclic) bond motifs is 1. The Labute approximate surface area is 106 Å². The highest BCUT2D eigenvalue weighted by Crippen LogP contribution is 2.39. The molecule has 1 fully saturated rings. The number of halogens is 1. The van der Waals surface area contributed by atoms with Crippen LogP contribution >= 0.6 is 0 Å². The fourth-order valence-electron chi connectivity index (χ4n) is 2.39. The molecule has 2 aromatic rings. The van der Waals surface area contributed by atoms with Gasteiger partial charge in [-0.3, -0.25) is 0 Å². The Morgan fingerprint density at radius 1 is 1.44 bits per heavy atom. The standard InChI is InChI=1S/C14H18FN3/c1-14(2,16)8-13-17-11-7-9(15)3-6-12(11)18(13)10-4-5-10/h3,6-7,10H,4-5,8,16H2,1-2H3. The highest BCUT2D eigenvalue weighted by atomic mass is 19.1. The fraction of sp³-hybridized carbons (Fsp3) is 0.500. The van der Waals surface area contributed by atoms with E-state index in [0.717, 1.165) is 16.9 Å². The molecule has 2 N–H and O–H groups in total. The third-order valence-corrected chi connectivity index (χ3v) is 3.25. The zero-order chi connectivity index (χ0) is 12.9. The maximum Gasteiger partial charge on any atom is 0.125 e. The van der Waals surface area contributed by atoms with E-state index in [2.05, 4.69) is 9.55 Å². The van der Waals surface area contributed by atoms with Gasteiger partial charge in [-0.1, -0.05) is 0 Å². The Morgan fingerprint density at radius 2 is 2.17 bits per heavy atom. The maximum absolute atomic E-state index is 13.3. The average molecular weight is 247 g/mol. The number of rotatable bonds is 3. The molecule has 0 aliphatic heterocycles. The SMILES string of the molecule is CC(C)(N)Cc1nc2cc(F)ccc2n1C1CC1. The summed E-state index contributed by atoms with van der Waals surface area (Å²) in [5.74, 6) is 0.743. The molecule has 4 heteroatoms. The first-order valence-electron chi connectivity index (χ1n) is 6.39. The van der Waals surface area contributed by atoms with Crippen LogP contribution in [0.15, 0.2) is 18.2 Å². The van der Waals surface area contributed by atoms with Crippen molar-refractivity contribution in [3.05, 3.63) is 29.8 Å². The van der Waals surface area contributed by atoms with Crippen molar-refractivity contribution in [3.63, 3.8) is 0 Å². The first-order chi connectivity index (χ1) is 8.44. The van der Waals surface area contributed by atoms with Gasteiger partial charge in [0.05, 0.1) is 11.0 Å². The number of imidazole rings is 1. The zero-order valence-electron chi connectivity index (χ0n) is 10.8. The smallest absolute Gasteiger partial charge is 0.125 e. The molecule has 3 rings (SSSR count). The molecular weight excluding hydrogens is 229 g/mol. The summed E-state index contributed by atoms with van der Waals surface area (Å²) in [6, 6.07) is 5.35. The predicted molar refractivity (Wildman–Crippen MR) is 69.9 cm³/mol. The first-order valence-corrected chi connectivity index (χ1v) is 6.39. The number of benzene rings is 1. The molecule has 0 amide bonds. The molecule has 1 aliphatic carbocycles. The summed E-state index contributed by atoms with van der Waals surface area (Å²) in [5, 5.41) is 0. The minimum atomic E-state index is -0.299. The van der Waals surface area contributed by atoms with E-state index < -0.39 is 0 Å². The number of hydrogen-bond acceptors (Lipinski definition) is 2. The quantitative estimate of drug-likeness (QED) is 0.906. The number of nitrogens with two attached hydrogens (primary N) is 1. The lowest BCUT2D eigenvalue weighted by Crippen LogP contribution is -2.35. The normalized spacial score (nSPS) is 16.4. The van der Waals surface area contributed by atoms with Crippen LogP contribution in [0, 0.1) is 5.82 Å². The average Bonchev–Trinajstić information content (AvgIpc) is 2.99. The minimum absolute atomic E-state index is 0.235. The molecule has 0 unspecified atom stereocenters. The summed E-state index contributed by atoms with van der Waals surface area (Å²) in [5.41, 5.74) is 7.55. The molecule has 3 nitrogen and oxygen atoms in total. The third kappa shape index (κ3) is 2.12. The van der Waals surface area contributed by atoms with Crippen LogP contribution in [0.5, 0.6) is 0 Å². The summed E-state index contributed by atoms with van der Waals surface area (Å²) in [4.78, 5) is 4.56. The largest absolute Gasteiger partial charge is 0.325 e. The van der Waals surface area contributed by atoms with Crippen molar-refractivity contribution in [2.24, 2.45) is 5.73 Å². The maximum atomic E-state index is 13.3. The molecule has 0 atom stereocenters. The molecule has 0 bridgehead atoms. The van der Waals surface area contributed by atoms with E-state index in [9.17, 15) is 4.39 Å². The van der Waals surface area contributed by atoms with Gasteiger partial charge in [0.1, 0.15) is 11.6 Å². The van der Waals surface area contributed by atoms with Gasteiger partial charge in [-0.25, -0.2) is 9.37 Å². The van der Waals surface area contributed by atoms with E-state index >= 15 is 0 Å². The topological polar surface area (TPSA) is 43.8 Å². The third-order valence-electron chi connectivity index (χ3n) is 3.25. The highest BCUT2D eigenvalue weighted by molar-refractivity contribution is 5.76. The van der Waals surface area contributed by atoms with Crippen LogP contribution in [0.4, 0.5) is 4.39 Å². The van der Waals surface area contributed by atoms with E-state index in [1.165, 1.54) is 25.0 Å². The van der Waals surface area contributed by atoms with Crippen molar-refractivity contribution in [1.29, 1.82) is 0 Å². The monoisotopic (exact) mass is 247 g/mol. The Morgan fingerprint density at radius 3 is 2.78 bits per heavy atom. The van der Waals surface area contributed by atoms with Crippen molar-refractivity contribution >= 4 is 11.0 Å². The Kier molecular flexibility index (Phi) is 2.45. The van der Waals surface area contributed by atoms with Gasteiger partial charge in [-0.15, -0.1) is 0 Å². The number of aromatic nitrogens is 2. The molecule has 0 saturated heterocycles. The lowest BCUT2D eigenvalue weighted by atomic mass is 10.0. The predicted octanol–water partition coefficient (Wildman–Crippen LogP) is 2.79. The van der Waals surface area contributed by atoms with Gasteiger partial charge in [-0.05, 0) is 38.8 Å². The lowest BCUT2D eigenvalue weighted by molar-refractivity contribution is 0.488. The van der Waals surface area contributed by atoms with E-state index in [1.54, 1.807) is 0 Å². The zero-order valence-corrected chi connectivity index (χ0v) is 10.8. The van der Waals surface area contributed by atoms with Crippen molar-refractivity contribution in [1.82, 2.24) is 9.55 Å². The van der Waals surface area contributed by atoms with Gasteiger partial charge in [0.2, 0.25) is 0 Å². The molecule has 1 aliphatic rings. The molecule has 96 valence electrons. The summed E-state index contributed by atoms with van der Waals surface area (Å²) < 4.78 is 15.5. The van der Waals surface area contributed by atoms with Crippen LogP contribution in [0.3, 0.4) is 0 Å². The molecule has 1 heterocycles. The number of hydrogen-bond donors (Lipinski definition) is 1. The van der Waals surface area contributed by atoms with E-state index in [-0.39, 0.29) is 11.4 Å². The molecule has 1 aromatic carbocycles. The second-order valence-corrected chi connectivity index (χ2v) is 5.93. The first kappa shape index (κ1) is 11.7. The van der Waals surface area contributed by atoms with Gasteiger partial charge in [0, 0.05) is 24.1 Å². The fourth-order valence-corrected chi connectivity index (χ4v) is 2.39. The Bertz CT molecular complexity index is 591. The molecular formula is C14H18FN3. The van der Waals surface area contributed by atoms with Crippen molar-refractivity contribution in [2.75, 3.05) is 0 Å². The van der Waals surface area contributed by atoms with Crippen molar-refractivity contribution in [2.45, 2.75) is 44.7 Å². The second-order valence-electron chi connectivity index (χ2n) is 5.93. The summed E-state index contributed by atoms with van der Waals surface area (Å²) >= 11 is 0. The highest BCUT2D eigenvalue weighted by Gasteiger charge is 2.29. The minimum Gasteiger partial charge on any atom is -0.325 e. The van der Waals surface area contributed by atoms with Gasteiger partial charge >= 0.3 is 0 Å².